The number of carbonyl (C=O) groups excluding carboxylic acids is 1. The maximum Gasteiger partial charge on any atom is 0.264 e. The van der Waals surface area contributed by atoms with Crippen molar-refractivity contribution >= 4 is 11.9 Å². The summed E-state index contributed by atoms with van der Waals surface area (Å²) in [5.74, 6) is 1.29. The molecule has 2 rings (SSSR count). The van der Waals surface area contributed by atoms with E-state index in [2.05, 4.69) is 27.4 Å². The first-order valence-corrected chi connectivity index (χ1v) is 6.08. The van der Waals surface area contributed by atoms with E-state index in [4.69, 9.17) is 4.74 Å². The van der Waals surface area contributed by atoms with Gasteiger partial charge in [0.15, 0.2) is 6.61 Å². The second kappa shape index (κ2) is 5.99. The van der Waals surface area contributed by atoms with Crippen molar-refractivity contribution < 1.29 is 9.53 Å². The summed E-state index contributed by atoms with van der Waals surface area (Å²) in [4.78, 5) is 15.6. The van der Waals surface area contributed by atoms with Crippen LogP contribution in [-0.4, -0.2) is 27.7 Å². The quantitative estimate of drug-likeness (QED) is 0.857. The standard InChI is InChI=1S/C13H16N4O2/c1-3-10-5-4-6-11(7-10)19-8-12(18)15-13-14-9(2)16-17-13/h4-7H,3,8H2,1-2H3,(H2,14,15,16,17,18). The molecule has 6 heteroatoms. The Morgan fingerprint density at radius 1 is 1.47 bits per heavy atom. The Balaban J connectivity index is 1.86. The number of rotatable bonds is 5. The third-order valence-corrected chi connectivity index (χ3v) is 2.53. The van der Waals surface area contributed by atoms with E-state index in [1.807, 2.05) is 24.3 Å². The Hall–Kier alpha value is -2.37. The zero-order valence-electron chi connectivity index (χ0n) is 10.9. The number of hydrogen-bond acceptors (Lipinski definition) is 4. The van der Waals surface area contributed by atoms with Gasteiger partial charge in [0, 0.05) is 0 Å². The number of amides is 1. The minimum Gasteiger partial charge on any atom is -0.484 e. The minimum atomic E-state index is -0.291. The van der Waals surface area contributed by atoms with Crippen LogP contribution in [0.15, 0.2) is 24.3 Å². The number of H-pyrrole nitrogens is 1. The van der Waals surface area contributed by atoms with Gasteiger partial charge in [-0.05, 0) is 31.0 Å². The largest absolute Gasteiger partial charge is 0.484 e. The second-order valence-electron chi connectivity index (χ2n) is 4.08. The number of anilines is 1. The summed E-state index contributed by atoms with van der Waals surface area (Å²) in [5.41, 5.74) is 1.17. The highest BCUT2D eigenvalue weighted by molar-refractivity contribution is 5.90. The van der Waals surface area contributed by atoms with Crippen LogP contribution in [-0.2, 0) is 11.2 Å². The average Bonchev–Trinajstić information content (AvgIpc) is 2.82. The molecule has 0 aliphatic carbocycles. The summed E-state index contributed by atoms with van der Waals surface area (Å²) in [6.45, 7) is 3.76. The van der Waals surface area contributed by atoms with Gasteiger partial charge in [0.1, 0.15) is 11.6 Å². The molecule has 1 amide bonds. The Morgan fingerprint density at radius 2 is 2.32 bits per heavy atom. The fraction of sp³-hybridized carbons (Fsp3) is 0.308. The predicted molar refractivity (Wildman–Crippen MR) is 71.1 cm³/mol. The van der Waals surface area contributed by atoms with E-state index in [1.54, 1.807) is 6.92 Å². The smallest absolute Gasteiger partial charge is 0.264 e. The number of ether oxygens (including phenoxy) is 1. The third-order valence-electron chi connectivity index (χ3n) is 2.53. The van der Waals surface area contributed by atoms with Crippen molar-refractivity contribution in [1.29, 1.82) is 0 Å². The number of nitrogens with zero attached hydrogens (tertiary/aromatic N) is 2. The third kappa shape index (κ3) is 3.80. The van der Waals surface area contributed by atoms with Crippen LogP contribution < -0.4 is 10.1 Å². The Kier molecular flexibility index (Phi) is 4.12. The van der Waals surface area contributed by atoms with E-state index in [1.165, 1.54) is 5.56 Å². The first-order chi connectivity index (χ1) is 9.17. The van der Waals surface area contributed by atoms with Crippen molar-refractivity contribution in [3.05, 3.63) is 35.7 Å². The lowest BCUT2D eigenvalue weighted by molar-refractivity contribution is -0.118. The Labute approximate surface area is 111 Å². The maximum atomic E-state index is 11.6. The molecular formula is C13H16N4O2. The lowest BCUT2D eigenvalue weighted by Crippen LogP contribution is -2.20. The molecular weight excluding hydrogens is 244 g/mol. The van der Waals surface area contributed by atoms with Crippen molar-refractivity contribution in [3.8, 4) is 5.75 Å². The van der Waals surface area contributed by atoms with Gasteiger partial charge >= 0.3 is 0 Å². The first kappa shape index (κ1) is 13.1. The van der Waals surface area contributed by atoms with Crippen molar-refractivity contribution in [2.75, 3.05) is 11.9 Å². The van der Waals surface area contributed by atoms with Crippen LogP contribution in [0.2, 0.25) is 0 Å². The Morgan fingerprint density at radius 3 is 3.00 bits per heavy atom. The van der Waals surface area contributed by atoms with Crippen LogP contribution in [0.25, 0.3) is 0 Å². The van der Waals surface area contributed by atoms with Gasteiger partial charge in [-0.25, -0.2) is 0 Å². The van der Waals surface area contributed by atoms with E-state index < -0.39 is 0 Å². The van der Waals surface area contributed by atoms with Crippen LogP contribution in [0.4, 0.5) is 5.95 Å². The summed E-state index contributed by atoms with van der Waals surface area (Å²) >= 11 is 0. The van der Waals surface area contributed by atoms with Crippen molar-refractivity contribution in [1.82, 2.24) is 15.2 Å². The molecule has 0 saturated heterocycles. The van der Waals surface area contributed by atoms with Gasteiger partial charge in [-0.2, -0.15) is 4.98 Å². The summed E-state index contributed by atoms with van der Waals surface area (Å²) in [7, 11) is 0. The molecule has 0 saturated carbocycles. The molecule has 0 fully saturated rings. The summed E-state index contributed by atoms with van der Waals surface area (Å²) in [6, 6.07) is 7.67. The molecule has 100 valence electrons. The molecule has 2 N–H and O–H groups in total. The minimum absolute atomic E-state index is 0.0687. The van der Waals surface area contributed by atoms with Crippen molar-refractivity contribution in [2.24, 2.45) is 0 Å². The van der Waals surface area contributed by atoms with Gasteiger partial charge in [0.05, 0.1) is 0 Å². The van der Waals surface area contributed by atoms with Crippen LogP contribution in [0.1, 0.15) is 18.3 Å². The fourth-order valence-electron chi connectivity index (χ4n) is 1.56. The number of aromatic nitrogens is 3. The molecule has 19 heavy (non-hydrogen) atoms. The number of hydrogen-bond donors (Lipinski definition) is 2. The highest BCUT2D eigenvalue weighted by atomic mass is 16.5. The normalized spacial score (nSPS) is 10.2. The summed E-state index contributed by atoms with van der Waals surface area (Å²) in [6.07, 6.45) is 0.930. The van der Waals surface area contributed by atoms with Gasteiger partial charge in [-0.3, -0.25) is 15.2 Å². The highest BCUT2D eigenvalue weighted by Gasteiger charge is 2.07. The number of carbonyl (C=O) groups is 1. The van der Waals surface area contributed by atoms with Crippen molar-refractivity contribution in [2.45, 2.75) is 20.3 Å². The van der Waals surface area contributed by atoms with Crippen LogP contribution in [0.5, 0.6) is 5.75 Å². The van der Waals surface area contributed by atoms with E-state index in [-0.39, 0.29) is 18.5 Å². The molecule has 0 spiro atoms. The molecule has 0 aliphatic heterocycles. The molecule has 1 aromatic heterocycles. The molecule has 0 bridgehead atoms. The molecule has 0 atom stereocenters. The van der Waals surface area contributed by atoms with Crippen LogP contribution in [0, 0.1) is 6.92 Å². The van der Waals surface area contributed by atoms with Gasteiger partial charge in [-0.1, -0.05) is 19.1 Å². The van der Waals surface area contributed by atoms with Gasteiger partial charge < -0.3 is 4.74 Å². The van der Waals surface area contributed by atoms with Gasteiger partial charge in [0.25, 0.3) is 5.91 Å². The number of nitrogens with one attached hydrogen (secondary N) is 2. The zero-order valence-corrected chi connectivity index (χ0v) is 10.9. The summed E-state index contributed by atoms with van der Waals surface area (Å²) < 4.78 is 5.41. The monoisotopic (exact) mass is 260 g/mol. The molecule has 1 heterocycles. The van der Waals surface area contributed by atoms with E-state index in [9.17, 15) is 4.79 Å². The number of aryl methyl sites for hydroxylation is 2. The zero-order chi connectivity index (χ0) is 13.7. The van der Waals surface area contributed by atoms with E-state index in [0.29, 0.717) is 11.6 Å². The highest BCUT2D eigenvalue weighted by Crippen LogP contribution is 2.13. The molecule has 2 aromatic rings. The van der Waals surface area contributed by atoms with Gasteiger partial charge in [0.2, 0.25) is 5.95 Å². The fourth-order valence-corrected chi connectivity index (χ4v) is 1.56. The van der Waals surface area contributed by atoms with Crippen LogP contribution >= 0.6 is 0 Å². The Bertz CT molecular complexity index is 565. The lowest BCUT2D eigenvalue weighted by atomic mass is 10.2. The SMILES string of the molecule is CCc1cccc(OCC(=O)Nc2n[nH]c(C)n2)c1. The molecule has 0 aliphatic rings. The maximum absolute atomic E-state index is 11.6. The molecule has 0 unspecified atom stereocenters. The van der Waals surface area contributed by atoms with Crippen LogP contribution in [0.3, 0.4) is 0 Å². The van der Waals surface area contributed by atoms with Crippen molar-refractivity contribution in [3.63, 3.8) is 0 Å². The molecule has 1 aromatic carbocycles. The lowest BCUT2D eigenvalue weighted by Gasteiger charge is -2.06. The first-order valence-electron chi connectivity index (χ1n) is 6.08. The van der Waals surface area contributed by atoms with E-state index in [0.717, 1.165) is 6.42 Å². The summed E-state index contributed by atoms with van der Waals surface area (Å²) in [5, 5.41) is 9.00. The number of aromatic amines is 1. The van der Waals surface area contributed by atoms with Gasteiger partial charge in [-0.15, -0.1) is 5.10 Å². The average molecular weight is 260 g/mol. The molecule has 6 nitrogen and oxygen atoms in total. The topological polar surface area (TPSA) is 79.9 Å². The molecule has 0 radical (unpaired) electrons. The van der Waals surface area contributed by atoms with E-state index >= 15 is 0 Å². The predicted octanol–water partition coefficient (Wildman–Crippen LogP) is 1.69. The second-order valence-corrected chi connectivity index (χ2v) is 4.08. The number of benzene rings is 1.